The van der Waals surface area contributed by atoms with Gasteiger partial charge in [-0.2, -0.15) is 5.10 Å². The smallest absolute Gasteiger partial charge is 0.184 e. The summed E-state index contributed by atoms with van der Waals surface area (Å²) in [5, 5.41) is 4.15. The number of rotatable bonds is 7. The summed E-state index contributed by atoms with van der Waals surface area (Å²) in [6.07, 6.45) is 2.55. The van der Waals surface area contributed by atoms with Crippen LogP contribution in [0, 0.1) is 0 Å². The van der Waals surface area contributed by atoms with E-state index < -0.39 is 0 Å². The van der Waals surface area contributed by atoms with E-state index in [4.69, 9.17) is 10.5 Å². The van der Waals surface area contributed by atoms with Gasteiger partial charge in [0.15, 0.2) is 11.5 Å². The Bertz CT molecular complexity index is 571. The van der Waals surface area contributed by atoms with Gasteiger partial charge in [-0.25, -0.2) is 0 Å². The Morgan fingerprint density at radius 2 is 2.10 bits per heavy atom. The molecule has 0 amide bonds. The number of ether oxygens (including phenoxy) is 1. The molecule has 0 bridgehead atoms. The number of ketones is 1. The van der Waals surface area contributed by atoms with Crippen molar-refractivity contribution in [2.45, 2.75) is 32.4 Å². The summed E-state index contributed by atoms with van der Waals surface area (Å²) in [4.78, 5) is 12.4. The number of nitrogens with zero attached hydrogens (tertiary/aromatic N) is 2. The van der Waals surface area contributed by atoms with Crippen molar-refractivity contribution in [2.24, 2.45) is 5.73 Å². The van der Waals surface area contributed by atoms with Crippen LogP contribution in [0.15, 0.2) is 36.5 Å². The number of carbonyl (C=O) groups excluding carboxylic acids is 1. The molecule has 5 nitrogen and oxygen atoms in total. The SMILES string of the molecule is CCn1ncc(OC)c1C(=O)CCC(N)c1ccccc1. The van der Waals surface area contributed by atoms with Crippen molar-refractivity contribution in [2.75, 3.05) is 7.11 Å². The second-order valence-corrected chi connectivity index (χ2v) is 4.86. The molecule has 112 valence electrons. The molecule has 2 rings (SSSR count). The van der Waals surface area contributed by atoms with Crippen LogP contribution in [0.4, 0.5) is 0 Å². The average Bonchev–Trinajstić information content (AvgIpc) is 2.96. The van der Waals surface area contributed by atoms with Crippen molar-refractivity contribution < 1.29 is 9.53 Å². The van der Waals surface area contributed by atoms with Crippen molar-refractivity contribution in [3.8, 4) is 5.75 Å². The summed E-state index contributed by atoms with van der Waals surface area (Å²) in [5.74, 6) is 0.535. The van der Waals surface area contributed by atoms with Gasteiger partial charge in [-0.15, -0.1) is 0 Å². The molecule has 5 heteroatoms. The van der Waals surface area contributed by atoms with Gasteiger partial charge < -0.3 is 10.5 Å². The summed E-state index contributed by atoms with van der Waals surface area (Å²) < 4.78 is 6.87. The summed E-state index contributed by atoms with van der Waals surface area (Å²) in [6.45, 7) is 2.58. The lowest BCUT2D eigenvalue weighted by Crippen LogP contribution is -2.15. The number of benzene rings is 1. The van der Waals surface area contributed by atoms with Crippen LogP contribution in [0.25, 0.3) is 0 Å². The fraction of sp³-hybridized carbons (Fsp3) is 0.375. The van der Waals surface area contributed by atoms with E-state index in [0.29, 0.717) is 30.8 Å². The monoisotopic (exact) mass is 287 g/mol. The molecule has 1 aromatic heterocycles. The summed E-state index contributed by atoms with van der Waals surface area (Å²) in [6, 6.07) is 9.67. The number of carbonyl (C=O) groups is 1. The fourth-order valence-corrected chi connectivity index (χ4v) is 2.31. The maximum atomic E-state index is 12.4. The van der Waals surface area contributed by atoms with Gasteiger partial charge in [-0.1, -0.05) is 30.3 Å². The van der Waals surface area contributed by atoms with E-state index in [9.17, 15) is 4.79 Å². The van der Waals surface area contributed by atoms with Crippen LogP contribution in [0.5, 0.6) is 5.75 Å². The standard InChI is InChI=1S/C16H21N3O2/c1-3-19-16(15(21-2)11-18-19)14(20)10-9-13(17)12-7-5-4-6-8-12/h4-8,11,13H,3,9-10,17H2,1-2H3. The number of hydrogen-bond acceptors (Lipinski definition) is 4. The zero-order valence-corrected chi connectivity index (χ0v) is 12.5. The van der Waals surface area contributed by atoms with E-state index in [1.165, 1.54) is 0 Å². The first-order valence-electron chi connectivity index (χ1n) is 7.10. The Morgan fingerprint density at radius 3 is 2.71 bits per heavy atom. The van der Waals surface area contributed by atoms with Gasteiger partial charge in [0.1, 0.15) is 5.69 Å². The Kier molecular flexibility index (Phi) is 5.11. The maximum Gasteiger partial charge on any atom is 0.184 e. The Hall–Kier alpha value is -2.14. The van der Waals surface area contributed by atoms with Crippen LogP contribution in [0.1, 0.15) is 41.9 Å². The van der Waals surface area contributed by atoms with E-state index in [1.807, 2.05) is 37.3 Å². The third kappa shape index (κ3) is 3.49. The molecule has 0 fully saturated rings. The van der Waals surface area contributed by atoms with Crippen LogP contribution in [-0.2, 0) is 6.54 Å². The minimum Gasteiger partial charge on any atom is -0.493 e. The number of methoxy groups -OCH3 is 1. The molecule has 0 saturated carbocycles. The second kappa shape index (κ2) is 7.04. The Balaban J connectivity index is 2.04. The molecular weight excluding hydrogens is 266 g/mol. The molecule has 1 atom stereocenters. The molecule has 0 aliphatic rings. The van der Waals surface area contributed by atoms with E-state index in [2.05, 4.69) is 5.10 Å². The molecular formula is C16H21N3O2. The number of aromatic nitrogens is 2. The van der Waals surface area contributed by atoms with Gasteiger partial charge in [-0.05, 0) is 18.9 Å². The topological polar surface area (TPSA) is 70.1 Å². The highest BCUT2D eigenvalue weighted by atomic mass is 16.5. The highest BCUT2D eigenvalue weighted by Crippen LogP contribution is 2.22. The zero-order chi connectivity index (χ0) is 15.2. The minimum atomic E-state index is -0.140. The van der Waals surface area contributed by atoms with Crippen molar-refractivity contribution >= 4 is 5.78 Å². The van der Waals surface area contributed by atoms with Gasteiger partial charge in [0.05, 0.1) is 13.3 Å². The van der Waals surface area contributed by atoms with Crippen LogP contribution >= 0.6 is 0 Å². The third-order valence-corrected chi connectivity index (χ3v) is 3.50. The van der Waals surface area contributed by atoms with E-state index in [0.717, 1.165) is 5.56 Å². The molecule has 0 spiro atoms. The van der Waals surface area contributed by atoms with Crippen LogP contribution < -0.4 is 10.5 Å². The number of hydrogen-bond donors (Lipinski definition) is 1. The van der Waals surface area contributed by atoms with Crippen LogP contribution in [-0.4, -0.2) is 22.7 Å². The van der Waals surface area contributed by atoms with Gasteiger partial charge in [-0.3, -0.25) is 9.48 Å². The minimum absolute atomic E-state index is 0.0116. The molecule has 0 aliphatic heterocycles. The maximum absolute atomic E-state index is 12.4. The van der Waals surface area contributed by atoms with Crippen molar-refractivity contribution in [1.82, 2.24) is 9.78 Å². The lowest BCUT2D eigenvalue weighted by molar-refractivity contribution is 0.0964. The van der Waals surface area contributed by atoms with E-state index >= 15 is 0 Å². The quantitative estimate of drug-likeness (QED) is 0.795. The van der Waals surface area contributed by atoms with Crippen molar-refractivity contribution in [1.29, 1.82) is 0 Å². The largest absolute Gasteiger partial charge is 0.493 e. The third-order valence-electron chi connectivity index (χ3n) is 3.50. The van der Waals surface area contributed by atoms with Gasteiger partial charge in [0.25, 0.3) is 0 Å². The van der Waals surface area contributed by atoms with Gasteiger partial charge in [0.2, 0.25) is 0 Å². The predicted octanol–water partition coefficient (Wildman–Crippen LogP) is 2.57. The average molecular weight is 287 g/mol. The second-order valence-electron chi connectivity index (χ2n) is 4.86. The highest BCUT2D eigenvalue weighted by Gasteiger charge is 2.19. The van der Waals surface area contributed by atoms with Crippen molar-refractivity contribution in [3.63, 3.8) is 0 Å². The summed E-state index contributed by atoms with van der Waals surface area (Å²) in [5.41, 5.74) is 7.70. The van der Waals surface area contributed by atoms with Gasteiger partial charge >= 0.3 is 0 Å². The lowest BCUT2D eigenvalue weighted by atomic mass is 10.0. The first-order chi connectivity index (χ1) is 10.2. The summed E-state index contributed by atoms with van der Waals surface area (Å²) in [7, 11) is 1.55. The van der Waals surface area contributed by atoms with E-state index in [1.54, 1.807) is 18.0 Å². The highest BCUT2D eigenvalue weighted by molar-refractivity contribution is 5.97. The normalized spacial score (nSPS) is 12.1. The molecule has 1 aromatic carbocycles. The molecule has 1 unspecified atom stereocenters. The molecule has 2 aromatic rings. The van der Waals surface area contributed by atoms with Crippen LogP contribution in [0.3, 0.4) is 0 Å². The Morgan fingerprint density at radius 1 is 1.38 bits per heavy atom. The fourth-order valence-electron chi connectivity index (χ4n) is 2.31. The lowest BCUT2D eigenvalue weighted by Gasteiger charge is -2.12. The first kappa shape index (κ1) is 15.3. The van der Waals surface area contributed by atoms with Gasteiger partial charge in [0, 0.05) is 19.0 Å². The number of aryl methyl sites for hydroxylation is 1. The Labute approximate surface area is 124 Å². The molecule has 0 saturated heterocycles. The predicted molar refractivity (Wildman–Crippen MR) is 81.4 cm³/mol. The number of Topliss-reactive ketones (excluding diaryl/α,β-unsaturated/α-hetero) is 1. The molecule has 21 heavy (non-hydrogen) atoms. The first-order valence-corrected chi connectivity index (χ1v) is 7.10. The molecule has 0 aliphatic carbocycles. The zero-order valence-electron chi connectivity index (χ0n) is 12.5. The van der Waals surface area contributed by atoms with Crippen molar-refractivity contribution in [3.05, 3.63) is 47.8 Å². The van der Waals surface area contributed by atoms with E-state index in [-0.39, 0.29) is 11.8 Å². The molecule has 0 radical (unpaired) electrons. The van der Waals surface area contributed by atoms with Crippen LogP contribution in [0.2, 0.25) is 0 Å². The molecule has 2 N–H and O–H groups in total. The number of nitrogens with two attached hydrogens (primary N) is 1. The molecule has 1 heterocycles. The summed E-state index contributed by atoms with van der Waals surface area (Å²) >= 11 is 0.